The van der Waals surface area contributed by atoms with Crippen LogP contribution in [0.15, 0.2) is 83.3 Å². The number of hydrogen-bond acceptors (Lipinski definition) is 4. The first-order valence-corrected chi connectivity index (χ1v) is 13.1. The van der Waals surface area contributed by atoms with Crippen LogP contribution < -0.4 is 10.1 Å². The maximum absolute atomic E-state index is 14.2. The van der Waals surface area contributed by atoms with Crippen LogP contribution in [-0.4, -0.2) is 23.3 Å². The molecule has 1 aliphatic rings. The van der Waals surface area contributed by atoms with E-state index in [-0.39, 0.29) is 35.9 Å². The summed E-state index contributed by atoms with van der Waals surface area (Å²) in [6.45, 7) is 6.39. The number of nitrogens with one attached hydrogen (secondary N) is 1. The molecule has 0 saturated carbocycles. The molecule has 200 valence electrons. The van der Waals surface area contributed by atoms with Gasteiger partial charge in [0.25, 0.3) is 5.91 Å². The molecular weight excluding hydrogens is 495 g/mol. The molecule has 1 aliphatic heterocycles. The quantitative estimate of drug-likeness (QED) is 0.291. The third-order valence-corrected chi connectivity index (χ3v) is 6.83. The molecule has 4 aromatic rings. The molecule has 1 aromatic heterocycles. The molecule has 2 amide bonds. The van der Waals surface area contributed by atoms with Crippen molar-refractivity contribution in [1.29, 1.82) is 0 Å². The van der Waals surface area contributed by atoms with Crippen molar-refractivity contribution < 1.29 is 23.1 Å². The number of nitrogens with zero attached hydrogens (tertiary/aromatic N) is 1. The summed E-state index contributed by atoms with van der Waals surface area (Å²) in [6.07, 6.45) is 0.706. The highest BCUT2D eigenvalue weighted by Crippen LogP contribution is 2.38. The van der Waals surface area contributed by atoms with Crippen LogP contribution in [0.3, 0.4) is 0 Å². The lowest BCUT2D eigenvalue weighted by Gasteiger charge is -2.39. The molecule has 3 aromatic carbocycles. The van der Waals surface area contributed by atoms with Crippen molar-refractivity contribution in [3.05, 3.63) is 118 Å². The van der Waals surface area contributed by atoms with Gasteiger partial charge in [0.15, 0.2) is 5.76 Å². The summed E-state index contributed by atoms with van der Waals surface area (Å²) in [7, 11) is 0. The third kappa shape index (κ3) is 5.87. The number of rotatable bonds is 7. The van der Waals surface area contributed by atoms with Gasteiger partial charge in [0, 0.05) is 18.2 Å². The van der Waals surface area contributed by atoms with E-state index in [9.17, 15) is 14.0 Å². The number of ether oxygens (including phenoxy) is 1. The van der Waals surface area contributed by atoms with Crippen LogP contribution in [0.1, 0.15) is 58.5 Å². The summed E-state index contributed by atoms with van der Waals surface area (Å²) in [5, 5.41) is 2.83. The number of carbonyl (C=O) groups excluding carboxylic acids is 2. The van der Waals surface area contributed by atoms with Gasteiger partial charge in [-0.15, -0.1) is 0 Å². The standard InChI is InChI=1S/C32H31FN2O4/c1-20(2)32(37)35-15-14-22-10-11-26(18-28(22)30(35)23-7-5-8-24(33)17-23)38-19-27-12-13-29(39-27)31(36)34-25-9-4-6-21(3)16-25/h4-13,16-18,20,30H,14-15,19H2,1-3H3,(H,34,36). The Morgan fingerprint density at radius 2 is 1.87 bits per heavy atom. The highest BCUT2D eigenvalue weighted by Gasteiger charge is 2.33. The summed E-state index contributed by atoms with van der Waals surface area (Å²) < 4.78 is 26.0. The van der Waals surface area contributed by atoms with E-state index in [4.69, 9.17) is 9.15 Å². The second-order valence-electron chi connectivity index (χ2n) is 10.1. The first-order valence-electron chi connectivity index (χ1n) is 13.1. The average molecular weight is 527 g/mol. The van der Waals surface area contributed by atoms with Crippen LogP contribution >= 0.6 is 0 Å². The molecule has 0 fully saturated rings. The first-order chi connectivity index (χ1) is 18.8. The Morgan fingerprint density at radius 3 is 2.64 bits per heavy atom. The van der Waals surface area contributed by atoms with Crippen molar-refractivity contribution >= 4 is 17.5 Å². The van der Waals surface area contributed by atoms with Crippen LogP contribution in [0.25, 0.3) is 0 Å². The molecule has 39 heavy (non-hydrogen) atoms. The molecule has 0 bridgehead atoms. The normalized spacial score (nSPS) is 14.7. The molecular formula is C32H31FN2O4. The topological polar surface area (TPSA) is 71.8 Å². The number of furan rings is 1. The van der Waals surface area contributed by atoms with Gasteiger partial charge < -0.3 is 19.4 Å². The molecule has 7 heteroatoms. The van der Waals surface area contributed by atoms with Gasteiger partial charge in [-0.05, 0) is 84.1 Å². The molecule has 0 spiro atoms. The smallest absolute Gasteiger partial charge is 0.291 e. The summed E-state index contributed by atoms with van der Waals surface area (Å²) in [5.41, 5.74) is 4.47. The Kier molecular flexibility index (Phi) is 7.50. The number of benzene rings is 3. The van der Waals surface area contributed by atoms with E-state index < -0.39 is 6.04 Å². The molecule has 6 nitrogen and oxygen atoms in total. The van der Waals surface area contributed by atoms with E-state index in [1.54, 1.807) is 18.2 Å². The van der Waals surface area contributed by atoms with Crippen LogP contribution in [0.2, 0.25) is 0 Å². The lowest BCUT2D eigenvalue weighted by atomic mass is 9.87. The second kappa shape index (κ2) is 11.2. The Bertz CT molecular complexity index is 1510. The van der Waals surface area contributed by atoms with Gasteiger partial charge in [-0.3, -0.25) is 9.59 Å². The van der Waals surface area contributed by atoms with Crippen LogP contribution in [0.5, 0.6) is 5.75 Å². The molecule has 2 heterocycles. The zero-order valence-electron chi connectivity index (χ0n) is 22.2. The van der Waals surface area contributed by atoms with E-state index in [0.717, 1.165) is 22.3 Å². The van der Waals surface area contributed by atoms with E-state index in [2.05, 4.69) is 5.32 Å². The van der Waals surface area contributed by atoms with Crippen LogP contribution in [-0.2, 0) is 17.8 Å². The van der Waals surface area contributed by atoms with Crippen molar-refractivity contribution in [1.82, 2.24) is 4.90 Å². The SMILES string of the molecule is Cc1cccc(NC(=O)c2ccc(COc3ccc4c(c3)C(c3cccc(F)c3)N(C(=O)C(C)C)CC4)o2)c1. The van der Waals surface area contributed by atoms with Crippen molar-refractivity contribution in [2.24, 2.45) is 5.92 Å². The fourth-order valence-corrected chi connectivity index (χ4v) is 4.94. The van der Waals surface area contributed by atoms with Gasteiger partial charge in [0.2, 0.25) is 5.91 Å². The van der Waals surface area contributed by atoms with E-state index in [1.165, 1.54) is 12.1 Å². The Hall–Kier alpha value is -4.39. The molecule has 1 unspecified atom stereocenters. The van der Waals surface area contributed by atoms with Crippen molar-refractivity contribution in [2.45, 2.75) is 39.8 Å². The predicted molar refractivity (Wildman–Crippen MR) is 147 cm³/mol. The summed E-state index contributed by atoms with van der Waals surface area (Å²) in [5.74, 6) is 0.440. The van der Waals surface area contributed by atoms with Crippen molar-refractivity contribution in [3.63, 3.8) is 0 Å². The highest BCUT2D eigenvalue weighted by molar-refractivity contribution is 6.02. The molecule has 0 saturated heterocycles. The minimum atomic E-state index is -0.413. The zero-order chi connectivity index (χ0) is 27.5. The number of anilines is 1. The molecule has 5 rings (SSSR count). The zero-order valence-corrected chi connectivity index (χ0v) is 22.2. The third-order valence-electron chi connectivity index (χ3n) is 6.83. The van der Waals surface area contributed by atoms with Crippen LogP contribution in [0, 0.1) is 18.7 Å². The van der Waals surface area contributed by atoms with E-state index in [0.29, 0.717) is 30.2 Å². The largest absolute Gasteiger partial charge is 0.486 e. The number of carbonyl (C=O) groups is 2. The summed E-state index contributed by atoms with van der Waals surface area (Å²) in [4.78, 5) is 27.5. The minimum Gasteiger partial charge on any atom is -0.486 e. The maximum Gasteiger partial charge on any atom is 0.291 e. The van der Waals surface area contributed by atoms with Crippen LogP contribution in [0.4, 0.5) is 10.1 Å². The summed E-state index contributed by atoms with van der Waals surface area (Å²) >= 11 is 0. The first kappa shape index (κ1) is 26.2. The molecule has 0 radical (unpaired) electrons. The fourth-order valence-electron chi connectivity index (χ4n) is 4.94. The monoisotopic (exact) mass is 526 g/mol. The average Bonchev–Trinajstić information content (AvgIpc) is 3.40. The number of halogens is 1. The Labute approximate surface area is 227 Å². The van der Waals surface area contributed by atoms with Gasteiger partial charge in [-0.2, -0.15) is 0 Å². The fraction of sp³-hybridized carbons (Fsp3) is 0.250. The highest BCUT2D eigenvalue weighted by atomic mass is 19.1. The minimum absolute atomic E-state index is 0.0216. The lowest BCUT2D eigenvalue weighted by molar-refractivity contribution is -0.136. The number of fused-ring (bicyclic) bond motifs is 1. The van der Waals surface area contributed by atoms with Crippen molar-refractivity contribution in [2.75, 3.05) is 11.9 Å². The molecule has 0 aliphatic carbocycles. The number of hydrogen-bond donors (Lipinski definition) is 1. The number of amides is 2. The van der Waals surface area contributed by atoms with Gasteiger partial charge in [-0.25, -0.2) is 4.39 Å². The van der Waals surface area contributed by atoms with Crippen molar-refractivity contribution in [3.8, 4) is 5.75 Å². The van der Waals surface area contributed by atoms with Gasteiger partial charge in [0.1, 0.15) is 23.9 Å². The maximum atomic E-state index is 14.2. The van der Waals surface area contributed by atoms with Gasteiger partial charge >= 0.3 is 0 Å². The Balaban J connectivity index is 1.34. The predicted octanol–water partition coefficient (Wildman–Crippen LogP) is 6.69. The molecule has 1 N–H and O–H groups in total. The van der Waals surface area contributed by atoms with Gasteiger partial charge in [-0.1, -0.05) is 44.2 Å². The van der Waals surface area contributed by atoms with Gasteiger partial charge in [0.05, 0.1) is 6.04 Å². The number of aryl methyl sites for hydroxylation is 1. The second-order valence-corrected chi connectivity index (χ2v) is 10.1. The molecule has 1 atom stereocenters. The van der Waals surface area contributed by atoms with E-state index >= 15 is 0 Å². The Morgan fingerprint density at radius 1 is 1.05 bits per heavy atom. The summed E-state index contributed by atoms with van der Waals surface area (Å²) in [6, 6.07) is 22.7. The lowest BCUT2D eigenvalue weighted by Crippen LogP contribution is -2.42. The van der Waals surface area contributed by atoms with E-state index in [1.807, 2.05) is 74.2 Å².